The van der Waals surface area contributed by atoms with Crippen LogP contribution in [0.25, 0.3) is 0 Å². The Balaban J connectivity index is 1.47. The van der Waals surface area contributed by atoms with Crippen LogP contribution in [0.4, 0.5) is 0 Å². The highest BCUT2D eigenvalue weighted by molar-refractivity contribution is 7.89. The minimum Gasteiger partial charge on any atom is -0.352 e. The molecule has 1 atom stereocenters. The van der Waals surface area contributed by atoms with E-state index in [0.29, 0.717) is 25.8 Å². The maximum Gasteiger partial charge on any atom is 0.240 e. The molecule has 0 radical (unpaired) electrons. The number of nitrogens with zero attached hydrogens (tertiary/aromatic N) is 1. The molecule has 1 saturated carbocycles. The zero-order valence-electron chi connectivity index (χ0n) is 17.0. The Morgan fingerprint density at radius 1 is 1.07 bits per heavy atom. The molecular formula is C21H31N3O4S. The molecule has 3 rings (SSSR count). The lowest BCUT2D eigenvalue weighted by Gasteiger charge is -2.33. The number of rotatable bonds is 9. The first kappa shape index (κ1) is 21.8. The van der Waals surface area contributed by atoms with Crippen LogP contribution in [-0.4, -0.2) is 50.3 Å². The Morgan fingerprint density at radius 3 is 2.45 bits per heavy atom. The first-order chi connectivity index (χ1) is 13.9. The molecular weight excluding hydrogens is 390 g/mol. The number of aryl methyl sites for hydroxylation is 1. The molecule has 1 unspecified atom stereocenters. The number of hydrogen-bond acceptors (Lipinski definition) is 4. The summed E-state index contributed by atoms with van der Waals surface area (Å²) in [4.78, 5) is 26.5. The average Bonchev–Trinajstić information content (AvgIpc) is 3.50. The fourth-order valence-electron chi connectivity index (χ4n) is 3.58. The van der Waals surface area contributed by atoms with E-state index >= 15 is 0 Å². The number of hydrogen-bond donors (Lipinski definition) is 2. The van der Waals surface area contributed by atoms with Crippen LogP contribution in [0.5, 0.6) is 0 Å². The number of piperidine rings is 1. The van der Waals surface area contributed by atoms with Crippen LogP contribution in [0, 0.1) is 0 Å². The van der Waals surface area contributed by atoms with Crippen molar-refractivity contribution in [3.8, 4) is 0 Å². The average molecular weight is 422 g/mol. The Kier molecular flexibility index (Phi) is 7.29. The first-order valence-corrected chi connectivity index (χ1v) is 12.0. The summed E-state index contributed by atoms with van der Waals surface area (Å²) in [5.74, 6) is 0.129. The lowest BCUT2D eigenvalue weighted by molar-refractivity contribution is -0.133. The fourth-order valence-corrected chi connectivity index (χ4v) is 4.89. The van der Waals surface area contributed by atoms with Crippen LogP contribution in [0.15, 0.2) is 29.2 Å². The normalized spacial score (nSPS) is 19.8. The molecule has 0 aromatic heterocycles. The van der Waals surface area contributed by atoms with E-state index < -0.39 is 10.0 Å². The molecule has 1 aromatic rings. The molecule has 1 aliphatic carbocycles. The SMILES string of the molecule is CCCC(=O)NC1CCCN(C(=O)CCc2ccc(S(=O)(=O)NC3CC3)cc2)C1. The summed E-state index contributed by atoms with van der Waals surface area (Å²) in [5, 5.41) is 3.02. The molecule has 1 aliphatic heterocycles. The van der Waals surface area contributed by atoms with Crippen molar-refractivity contribution in [3.63, 3.8) is 0 Å². The molecule has 2 N–H and O–H groups in total. The maximum atomic E-state index is 12.6. The van der Waals surface area contributed by atoms with Crippen molar-refractivity contribution in [1.29, 1.82) is 0 Å². The predicted molar refractivity (Wildman–Crippen MR) is 111 cm³/mol. The minimum absolute atomic E-state index is 0.0372. The lowest BCUT2D eigenvalue weighted by Crippen LogP contribution is -2.49. The Labute approximate surface area is 173 Å². The highest BCUT2D eigenvalue weighted by Crippen LogP contribution is 2.22. The van der Waals surface area contributed by atoms with Crippen LogP contribution in [0.2, 0.25) is 0 Å². The van der Waals surface area contributed by atoms with Gasteiger partial charge in [0.25, 0.3) is 0 Å². The minimum atomic E-state index is -3.44. The van der Waals surface area contributed by atoms with Gasteiger partial charge in [0.2, 0.25) is 21.8 Å². The van der Waals surface area contributed by atoms with Gasteiger partial charge in [-0.3, -0.25) is 9.59 Å². The topological polar surface area (TPSA) is 95.6 Å². The van der Waals surface area contributed by atoms with Crippen LogP contribution >= 0.6 is 0 Å². The van der Waals surface area contributed by atoms with Gasteiger partial charge < -0.3 is 10.2 Å². The number of amides is 2. The smallest absolute Gasteiger partial charge is 0.240 e. The highest BCUT2D eigenvalue weighted by atomic mass is 32.2. The number of nitrogens with one attached hydrogen (secondary N) is 2. The van der Waals surface area contributed by atoms with Gasteiger partial charge in [0.15, 0.2) is 0 Å². The number of benzene rings is 1. The molecule has 2 aliphatic rings. The second kappa shape index (κ2) is 9.71. The maximum absolute atomic E-state index is 12.6. The van der Waals surface area contributed by atoms with Crippen molar-refractivity contribution in [3.05, 3.63) is 29.8 Å². The largest absolute Gasteiger partial charge is 0.352 e. The standard InChI is InChI=1S/C21H31N3O4S/c1-2-4-20(25)22-18-5-3-14-24(15-18)21(26)13-8-16-6-11-19(12-7-16)29(27,28)23-17-9-10-17/h6-7,11-12,17-18,23H,2-5,8-10,13-15H2,1H3,(H,22,25). The van der Waals surface area contributed by atoms with E-state index in [9.17, 15) is 18.0 Å². The van der Waals surface area contributed by atoms with Crippen molar-refractivity contribution in [2.75, 3.05) is 13.1 Å². The molecule has 1 saturated heterocycles. The van der Waals surface area contributed by atoms with Gasteiger partial charge in [0.1, 0.15) is 0 Å². The Hall–Kier alpha value is -1.93. The van der Waals surface area contributed by atoms with Crippen LogP contribution in [0.3, 0.4) is 0 Å². The van der Waals surface area contributed by atoms with Crippen molar-refractivity contribution < 1.29 is 18.0 Å². The second-order valence-corrected chi connectivity index (χ2v) is 9.75. The van der Waals surface area contributed by atoms with Gasteiger partial charge in [0, 0.05) is 38.0 Å². The highest BCUT2D eigenvalue weighted by Gasteiger charge is 2.28. The molecule has 0 bridgehead atoms. The van der Waals surface area contributed by atoms with E-state index in [-0.39, 0.29) is 28.8 Å². The molecule has 160 valence electrons. The van der Waals surface area contributed by atoms with Crippen molar-refractivity contribution >= 4 is 21.8 Å². The summed E-state index contributed by atoms with van der Waals surface area (Å²) in [5.41, 5.74) is 0.938. The number of carbonyl (C=O) groups is 2. The van der Waals surface area contributed by atoms with Crippen molar-refractivity contribution in [2.45, 2.75) is 75.3 Å². The van der Waals surface area contributed by atoms with Gasteiger partial charge in [-0.1, -0.05) is 19.1 Å². The van der Waals surface area contributed by atoms with E-state index in [0.717, 1.165) is 44.2 Å². The summed E-state index contributed by atoms with van der Waals surface area (Å²) in [6.07, 6.45) is 5.89. The van der Waals surface area contributed by atoms with E-state index in [4.69, 9.17) is 0 Å². The number of sulfonamides is 1. The van der Waals surface area contributed by atoms with Gasteiger partial charge in [0.05, 0.1) is 4.90 Å². The Bertz CT molecular complexity index is 819. The molecule has 1 aromatic carbocycles. The van der Waals surface area contributed by atoms with E-state index in [1.165, 1.54) is 0 Å². The molecule has 1 heterocycles. The molecule has 7 nitrogen and oxygen atoms in total. The zero-order chi connectivity index (χ0) is 20.9. The third-order valence-corrected chi connectivity index (χ3v) is 6.91. The quantitative estimate of drug-likeness (QED) is 0.637. The molecule has 0 spiro atoms. The van der Waals surface area contributed by atoms with Crippen LogP contribution < -0.4 is 10.0 Å². The summed E-state index contributed by atoms with van der Waals surface area (Å²) in [6, 6.07) is 6.87. The summed E-state index contributed by atoms with van der Waals surface area (Å²) in [6.45, 7) is 3.27. The van der Waals surface area contributed by atoms with Gasteiger partial charge in [-0.25, -0.2) is 13.1 Å². The fraction of sp³-hybridized carbons (Fsp3) is 0.619. The van der Waals surface area contributed by atoms with Crippen molar-refractivity contribution in [1.82, 2.24) is 14.9 Å². The molecule has 8 heteroatoms. The molecule has 29 heavy (non-hydrogen) atoms. The third-order valence-electron chi connectivity index (χ3n) is 5.38. The van der Waals surface area contributed by atoms with E-state index in [1.54, 1.807) is 24.3 Å². The van der Waals surface area contributed by atoms with E-state index in [1.807, 2.05) is 11.8 Å². The van der Waals surface area contributed by atoms with Gasteiger partial charge in [-0.05, 0) is 56.2 Å². The zero-order valence-corrected chi connectivity index (χ0v) is 17.8. The third kappa shape index (κ3) is 6.54. The van der Waals surface area contributed by atoms with Gasteiger partial charge in [-0.2, -0.15) is 0 Å². The van der Waals surface area contributed by atoms with Gasteiger partial charge in [-0.15, -0.1) is 0 Å². The number of carbonyl (C=O) groups excluding carboxylic acids is 2. The predicted octanol–water partition coefficient (Wildman–Crippen LogP) is 1.97. The summed E-state index contributed by atoms with van der Waals surface area (Å²) >= 11 is 0. The van der Waals surface area contributed by atoms with Crippen LogP contribution in [-0.2, 0) is 26.0 Å². The monoisotopic (exact) mass is 421 g/mol. The number of likely N-dealkylation sites (tertiary alicyclic amines) is 1. The van der Waals surface area contributed by atoms with E-state index in [2.05, 4.69) is 10.0 Å². The molecule has 2 amide bonds. The summed E-state index contributed by atoms with van der Waals surface area (Å²) in [7, 11) is -3.44. The second-order valence-electron chi connectivity index (χ2n) is 8.04. The Morgan fingerprint density at radius 2 is 1.79 bits per heavy atom. The van der Waals surface area contributed by atoms with Crippen molar-refractivity contribution in [2.24, 2.45) is 0 Å². The summed E-state index contributed by atoms with van der Waals surface area (Å²) < 4.78 is 27.1. The van der Waals surface area contributed by atoms with Gasteiger partial charge >= 0.3 is 0 Å². The lowest BCUT2D eigenvalue weighted by atomic mass is 10.0. The first-order valence-electron chi connectivity index (χ1n) is 10.6. The van der Waals surface area contributed by atoms with Crippen LogP contribution in [0.1, 0.15) is 57.4 Å². The molecule has 2 fully saturated rings.